The Labute approximate surface area is 128 Å². The van der Waals surface area contributed by atoms with E-state index in [1.54, 1.807) is 6.07 Å². The summed E-state index contributed by atoms with van der Waals surface area (Å²) in [6.45, 7) is 11.4. The van der Waals surface area contributed by atoms with E-state index in [4.69, 9.17) is 0 Å². The third-order valence-electron chi connectivity index (χ3n) is 4.26. The Morgan fingerprint density at radius 1 is 1.29 bits per heavy atom. The number of rotatable bonds is 6. The molecule has 2 rings (SSSR count). The van der Waals surface area contributed by atoms with Gasteiger partial charge in [0.25, 0.3) is 0 Å². The number of likely N-dealkylation sites (tertiary alicyclic amines) is 1. The van der Waals surface area contributed by atoms with E-state index in [1.165, 1.54) is 18.4 Å². The predicted octanol–water partition coefficient (Wildman–Crippen LogP) is 3.80. The van der Waals surface area contributed by atoms with E-state index in [9.17, 15) is 4.39 Å². The summed E-state index contributed by atoms with van der Waals surface area (Å²) in [5, 5.41) is 3.42. The molecule has 1 aromatic rings. The van der Waals surface area contributed by atoms with Crippen LogP contribution in [-0.4, -0.2) is 24.5 Å². The van der Waals surface area contributed by atoms with Gasteiger partial charge in [0.2, 0.25) is 0 Å². The summed E-state index contributed by atoms with van der Waals surface area (Å²) in [5.74, 6) is 1.39. The summed E-state index contributed by atoms with van der Waals surface area (Å²) in [6, 6.07) is 5.54. The van der Waals surface area contributed by atoms with Gasteiger partial charge < -0.3 is 5.32 Å². The van der Waals surface area contributed by atoms with Crippen LogP contribution >= 0.6 is 0 Å². The fraction of sp³-hybridized carbons (Fsp3) is 0.667. The van der Waals surface area contributed by atoms with Crippen LogP contribution < -0.4 is 5.32 Å². The highest BCUT2D eigenvalue weighted by Crippen LogP contribution is 2.20. The summed E-state index contributed by atoms with van der Waals surface area (Å²) in [7, 11) is 0. The number of benzene rings is 1. The van der Waals surface area contributed by atoms with Gasteiger partial charge in [0.05, 0.1) is 0 Å². The third-order valence-corrected chi connectivity index (χ3v) is 4.26. The molecule has 0 spiro atoms. The molecule has 1 aromatic carbocycles. The summed E-state index contributed by atoms with van der Waals surface area (Å²) < 4.78 is 14.0. The smallest absolute Gasteiger partial charge is 0.127 e. The molecule has 2 nitrogen and oxygen atoms in total. The van der Waals surface area contributed by atoms with Gasteiger partial charge in [-0.2, -0.15) is 0 Å². The topological polar surface area (TPSA) is 15.3 Å². The second-order valence-electron chi connectivity index (χ2n) is 6.91. The van der Waals surface area contributed by atoms with Crippen molar-refractivity contribution in [2.24, 2.45) is 11.8 Å². The SMILES string of the molecule is CC(C)CNCc1ccc(F)c(CN2CCC(C)CC2)c1. The molecule has 1 saturated heterocycles. The van der Waals surface area contributed by atoms with Crippen LogP contribution in [0.5, 0.6) is 0 Å². The molecule has 1 heterocycles. The number of nitrogens with one attached hydrogen (secondary N) is 1. The van der Waals surface area contributed by atoms with Crippen molar-refractivity contribution >= 4 is 0 Å². The Balaban J connectivity index is 1.92. The van der Waals surface area contributed by atoms with Gasteiger partial charge in [-0.1, -0.05) is 32.9 Å². The van der Waals surface area contributed by atoms with E-state index in [0.717, 1.165) is 44.2 Å². The number of piperidine rings is 1. The lowest BCUT2D eigenvalue weighted by Crippen LogP contribution is -2.32. The van der Waals surface area contributed by atoms with E-state index in [1.807, 2.05) is 12.1 Å². The van der Waals surface area contributed by atoms with Crippen LogP contribution in [0.4, 0.5) is 4.39 Å². The second kappa shape index (κ2) is 7.90. The molecule has 1 fully saturated rings. The highest BCUT2D eigenvalue weighted by atomic mass is 19.1. The van der Waals surface area contributed by atoms with Crippen LogP contribution in [0, 0.1) is 17.7 Å². The maximum Gasteiger partial charge on any atom is 0.127 e. The van der Waals surface area contributed by atoms with Gasteiger partial charge in [0.15, 0.2) is 0 Å². The summed E-state index contributed by atoms with van der Waals surface area (Å²) in [5.41, 5.74) is 2.02. The molecule has 0 atom stereocenters. The minimum Gasteiger partial charge on any atom is -0.312 e. The molecule has 0 bridgehead atoms. The molecule has 0 saturated carbocycles. The highest BCUT2D eigenvalue weighted by molar-refractivity contribution is 5.25. The van der Waals surface area contributed by atoms with E-state index < -0.39 is 0 Å². The molecular formula is C18H29FN2. The highest BCUT2D eigenvalue weighted by Gasteiger charge is 2.17. The maximum absolute atomic E-state index is 14.0. The molecule has 0 aromatic heterocycles. The molecule has 1 aliphatic rings. The van der Waals surface area contributed by atoms with E-state index in [0.29, 0.717) is 5.92 Å². The molecular weight excluding hydrogens is 263 g/mol. The van der Waals surface area contributed by atoms with Crippen molar-refractivity contribution in [2.45, 2.75) is 46.7 Å². The van der Waals surface area contributed by atoms with E-state index in [-0.39, 0.29) is 5.82 Å². The normalized spacial score (nSPS) is 17.6. The first-order valence-corrected chi connectivity index (χ1v) is 8.25. The fourth-order valence-corrected chi connectivity index (χ4v) is 2.83. The Kier molecular flexibility index (Phi) is 6.19. The quantitative estimate of drug-likeness (QED) is 0.858. The Morgan fingerprint density at radius 2 is 2.00 bits per heavy atom. The van der Waals surface area contributed by atoms with Crippen LogP contribution in [0.3, 0.4) is 0 Å². The molecule has 3 heteroatoms. The largest absolute Gasteiger partial charge is 0.312 e. The van der Waals surface area contributed by atoms with Crippen molar-refractivity contribution in [1.29, 1.82) is 0 Å². The number of hydrogen-bond acceptors (Lipinski definition) is 2. The first kappa shape index (κ1) is 16.4. The predicted molar refractivity (Wildman–Crippen MR) is 86.6 cm³/mol. The van der Waals surface area contributed by atoms with Gasteiger partial charge in [-0.3, -0.25) is 4.90 Å². The number of halogens is 1. The van der Waals surface area contributed by atoms with Crippen molar-refractivity contribution in [3.8, 4) is 0 Å². The third kappa shape index (κ3) is 5.40. The lowest BCUT2D eigenvalue weighted by atomic mass is 9.98. The Bertz CT molecular complexity index is 437. The molecule has 1 N–H and O–H groups in total. The maximum atomic E-state index is 14.0. The summed E-state index contributed by atoms with van der Waals surface area (Å²) >= 11 is 0. The van der Waals surface area contributed by atoms with Crippen LogP contribution in [0.15, 0.2) is 18.2 Å². The molecule has 1 aliphatic heterocycles. The zero-order valence-corrected chi connectivity index (χ0v) is 13.7. The summed E-state index contributed by atoms with van der Waals surface area (Å²) in [4.78, 5) is 2.38. The van der Waals surface area contributed by atoms with Gasteiger partial charge in [-0.15, -0.1) is 0 Å². The summed E-state index contributed by atoms with van der Waals surface area (Å²) in [6.07, 6.45) is 2.47. The van der Waals surface area contributed by atoms with Crippen molar-refractivity contribution in [2.75, 3.05) is 19.6 Å². The molecule has 0 radical (unpaired) electrons. The van der Waals surface area contributed by atoms with Gasteiger partial charge in [0.1, 0.15) is 5.82 Å². The Hall–Kier alpha value is -0.930. The van der Waals surface area contributed by atoms with Crippen LogP contribution in [0.1, 0.15) is 44.7 Å². The minimum atomic E-state index is -0.0683. The standard InChI is InChI=1S/C18H29FN2/c1-14(2)11-20-12-16-4-5-18(19)17(10-16)13-21-8-6-15(3)7-9-21/h4-5,10,14-15,20H,6-9,11-13H2,1-3H3. The van der Waals surface area contributed by atoms with Crippen LogP contribution in [0.2, 0.25) is 0 Å². The second-order valence-corrected chi connectivity index (χ2v) is 6.91. The van der Waals surface area contributed by atoms with Crippen LogP contribution in [0.25, 0.3) is 0 Å². The first-order chi connectivity index (χ1) is 10.0. The molecule has 0 amide bonds. The molecule has 21 heavy (non-hydrogen) atoms. The first-order valence-electron chi connectivity index (χ1n) is 8.25. The van der Waals surface area contributed by atoms with Gasteiger partial charge in [0, 0.05) is 18.7 Å². The van der Waals surface area contributed by atoms with E-state index >= 15 is 0 Å². The minimum absolute atomic E-state index is 0.0683. The molecule has 0 aliphatic carbocycles. The van der Waals surface area contributed by atoms with Crippen molar-refractivity contribution in [3.05, 3.63) is 35.1 Å². The molecule has 118 valence electrons. The average Bonchev–Trinajstić information content (AvgIpc) is 2.44. The van der Waals surface area contributed by atoms with E-state index in [2.05, 4.69) is 31.0 Å². The van der Waals surface area contributed by atoms with Gasteiger partial charge >= 0.3 is 0 Å². The zero-order chi connectivity index (χ0) is 15.2. The van der Waals surface area contributed by atoms with Gasteiger partial charge in [-0.05, 0) is 55.9 Å². The van der Waals surface area contributed by atoms with Crippen LogP contribution in [-0.2, 0) is 13.1 Å². The monoisotopic (exact) mass is 292 g/mol. The van der Waals surface area contributed by atoms with Crippen molar-refractivity contribution in [1.82, 2.24) is 10.2 Å². The lowest BCUT2D eigenvalue weighted by molar-refractivity contribution is 0.183. The van der Waals surface area contributed by atoms with Crippen molar-refractivity contribution < 1.29 is 4.39 Å². The van der Waals surface area contributed by atoms with Gasteiger partial charge in [-0.25, -0.2) is 4.39 Å². The Morgan fingerprint density at radius 3 is 2.67 bits per heavy atom. The lowest BCUT2D eigenvalue weighted by Gasteiger charge is -2.30. The average molecular weight is 292 g/mol. The number of hydrogen-bond donors (Lipinski definition) is 1. The zero-order valence-electron chi connectivity index (χ0n) is 13.7. The van der Waals surface area contributed by atoms with Crippen molar-refractivity contribution in [3.63, 3.8) is 0 Å². The molecule has 0 unspecified atom stereocenters. The number of nitrogens with zero attached hydrogens (tertiary/aromatic N) is 1. The fourth-order valence-electron chi connectivity index (χ4n) is 2.83.